The van der Waals surface area contributed by atoms with Gasteiger partial charge in [0.25, 0.3) is 0 Å². The molecule has 0 saturated carbocycles. The summed E-state index contributed by atoms with van der Waals surface area (Å²) >= 11 is 0. The second-order valence-electron chi connectivity index (χ2n) is 6.65. The third kappa shape index (κ3) is 2.74. The van der Waals surface area contributed by atoms with E-state index < -0.39 is 0 Å². The van der Waals surface area contributed by atoms with Crippen LogP contribution in [0.25, 0.3) is 10.9 Å². The highest BCUT2D eigenvalue weighted by Gasteiger charge is 2.19. The molecule has 3 aromatic rings. The Hall–Kier alpha value is -2.54. The van der Waals surface area contributed by atoms with Crippen LogP contribution in [0.15, 0.2) is 29.2 Å². The summed E-state index contributed by atoms with van der Waals surface area (Å²) in [6.07, 6.45) is 2.98. The lowest BCUT2D eigenvalue weighted by molar-refractivity contribution is 0.270. The summed E-state index contributed by atoms with van der Waals surface area (Å²) in [6, 6.07) is 6.19. The molecule has 3 heterocycles. The maximum Gasteiger partial charge on any atom is 0.345 e. The molecular formula is C18H23N5O2. The molecule has 2 aromatic heterocycles. The molecule has 0 fully saturated rings. The molecule has 1 aliphatic heterocycles. The van der Waals surface area contributed by atoms with E-state index >= 15 is 0 Å². The van der Waals surface area contributed by atoms with Crippen LogP contribution in [0.2, 0.25) is 0 Å². The Morgan fingerprint density at radius 1 is 1.20 bits per heavy atom. The monoisotopic (exact) mass is 341 g/mol. The fourth-order valence-corrected chi connectivity index (χ4v) is 3.68. The van der Waals surface area contributed by atoms with Gasteiger partial charge in [0, 0.05) is 63.8 Å². The van der Waals surface area contributed by atoms with E-state index in [0.717, 1.165) is 37.6 Å². The summed E-state index contributed by atoms with van der Waals surface area (Å²) in [5, 5.41) is 5.57. The number of hydrogen-bond acceptors (Lipinski definition) is 4. The van der Waals surface area contributed by atoms with Crippen LogP contribution in [-0.2, 0) is 33.6 Å². The van der Waals surface area contributed by atoms with Crippen LogP contribution in [0.5, 0.6) is 5.75 Å². The lowest BCUT2D eigenvalue weighted by atomic mass is 10.1. The quantitative estimate of drug-likeness (QED) is 0.717. The lowest BCUT2D eigenvalue weighted by Crippen LogP contribution is -2.29. The van der Waals surface area contributed by atoms with E-state index in [1.807, 2.05) is 6.07 Å². The molecule has 0 spiro atoms. The number of hydrogen-bond donors (Lipinski definition) is 0. The average Bonchev–Trinajstić information content (AvgIpc) is 2.97. The van der Waals surface area contributed by atoms with Crippen molar-refractivity contribution in [2.75, 3.05) is 20.2 Å². The molecule has 0 N–H and O–H groups in total. The SMILES string of the molecule is COc1ccc2c(c1)c(CN1CCc3nn(C)c(=O)n3CC1)cn2C. The molecular weight excluding hydrogens is 318 g/mol. The molecule has 0 bridgehead atoms. The molecule has 0 aliphatic carbocycles. The molecule has 0 atom stereocenters. The normalized spacial score (nSPS) is 15.3. The highest BCUT2D eigenvalue weighted by atomic mass is 16.5. The molecule has 7 heteroatoms. The molecule has 0 amide bonds. The minimum atomic E-state index is -0.0215. The van der Waals surface area contributed by atoms with E-state index in [2.05, 4.69) is 39.9 Å². The van der Waals surface area contributed by atoms with E-state index in [4.69, 9.17) is 4.74 Å². The topological polar surface area (TPSA) is 57.2 Å². The summed E-state index contributed by atoms with van der Waals surface area (Å²) in [6.45, 7) is 3.29. The number of benzene rings is 1. The smallest absolute Gasteiger partial charge is 0.345 e. The van der Waals surface area contributed by atoms with E-state index in [9.17, 15) is 4.79 Å². The first-order valence-corrected chi connectivity index (χ1v) is 8.54. The Morgan fingerprint density at radius 3 is 2.84 bits per heavy atom. The maximum atomic E-state index is 12.1. The zero-order chi connectivity index (χ0) is 17.6. The first-order chi connectivity index (χ1) is 12.1. The molecule has 7 nitrogen and oxygen atoms in total. The van der Waals surface area contributed by atoms with Crippen molar-refractivity contribution in [3.63, 3.8) is 0 Å². The van der Waals surface area contributed by atoms with Crippen LogP contribution in [0.4, 0.5) is 0 Å². The number of methoxy groups -OCH3 is 1. The molecule has 0 saturated heterocycles. The maximum absolute atomic E-state index is 12.1. The van der Waals surface area contributed by atoms with Crippen LogP contribution in [0, 0.1) is 0 Å². The summed E-state index contributed by atoms with van der Waals surface area (Å²) in [4.78, 5) is 14.5. The van der Waals surface area contributed by atoms with Crippen molar-refractivity contribution in [2.45, 2.75) is 19.5 Å². The van der Waals surface area contributed by atoms with E-state index in [1.165, 1.54) is 21.1 Å². The van der Waals surface area contributed by atoms with Gasteiger partial charge in [0.15, 0.2) is 0 Å². The predicted octanol–water partition coefficient (Wildman–Crippen LogP) is 1.14. The highest BCUT2D eigenvalue weighted by molar-refractivity contribution is 5.85. The van der Waals surface area contributed by atoms with Crippen LogP contribution < -0.4 is 10.4 Å². The molecule has 1 aromatic carbocycles. The second kappa shape index (κ2) is 6.07. The van der Waals surface area contributed by atoms with Crippen molar-refractivity contribution in [1.29, 1.82) is 0 Å². The van der Waals surface area contributed by atoms with Crippen molar-refractivity contribution in [2.24, 2.45) is 14.1 Å². The standard InChI is InChI=1S/C18H23N5O2/c1-20-11-13(15-10-14(25-3)4-5-16(15)20)12-22-7-6-17-19-21(2)18(24)23(17)9-8-22/h4-5,10-11H,6-9,12H2,1-3H3. The van der Waals surface area contributed by atoms with Crippen molar-refractivity contribution >= 4 is 10.9 Å². The van der Waals surface area contributed by atoms with Crippen molar-refractivity contribution in [1.82, 2.24) is 23.8 Å². The summed E-state index contributed by atoms with van der Waals surface area (Å²) in [5.41, 5.74) is 2.46. The van der Waals surface area contributed by atoms with Gasteiger partial charge in [0.2, 0.25) is 0 Å². The van der Waals surface area contributed by atoms with E-state index in [-0.39, 0.29) is 5.69 Å². The lowest BCUT2D eigenvalue weighted by Gasteiger charge is -2.19. The van der Waals surface area contributed by atoms with Crippen LogP contribution in [-0.4, -0.2) is 44.0 Å². The summed E-state index contributed by atoms with van der Waals surface area (Å²) in [5.74, 6) is 1.76. The Morgan fingerprint density at radius 2 is 2.04 bits per heavy atom. The van der Waals surface area contributed by atoms with E-state index in [0.29, 0.717) is 6.54 Å². The van der Waals surface area contributed by atoms with Crippen LogP contribution >= 0.6 is 0 Å². The largest absolute Gasteiger partial charge is 0.497 e. The zero-order valence-electron chi connectivity index (χ0n) is 14.9. The highest BCUT2D eigenvalue weighted by Crippen LogP contribution is 2.26. The van der Waals surface area contributed by atoms with Gasteiger partial charge in [-0.1, -0.05) is 0 Å². The summed E-state index contributed by atoms with van der Waals surface area (Å²) < 4.78 is 10.8. The first kappa shape index (κ1) is 16.0. The number of rotatable bonds is 3. The minimum Gasteiger partial charge on any atom is -0.497 e. The molecule has 0 radical (unpaired) electrons. The van der Waals surface area contributed by atoms with Gasteiger partial charge >= 0.3 is 5.69 Å². The van der Waals surface area contributed by atoms with Gasteiger partial charge in [0.05, 0.1) is 7.11 Å². The van der Waals surface area contributed by atoms with Crippen molar-refractivity contribution in [3.8, 4) is 5.75 Å². The van der Waals surface area contributed by atoms with Gasteiger partial charge < -0.3 is 9.30 Å². The van der Waals surface area contributed by atoms with Crippen LogP contribution in [0.3, 0.4) is 0 Å². The number of aryl methyl sites for hydroxylation is 2. The third-order valence-electron chi connectivity index (χ3n) is 5.05. The van der Waals surface area contributed by atoms with Crippen LogP contribution in [0.1, 0.15) is 11.4 Å². The van der Waals surface area contributed by atoms with Crippen molar-refractivity contribution < 1.29 is 4.74 Å². The average molecular weight is 341 g/mol. The molecule has 132 valence electrons. The number of nitrogens with zero attached hydrogens (tertiary/aromatic N) is 5. The number of ether oxygens (including phenoxy) is 1. The minimum absolute atomic E-state index is 0.0215. The fourth-order valence-electron chi connectivity index (χ4n) is 3.68. The second-order valence-corrected chi connectivity index (χ2v) is 6.65. The third-order valence-corrected chi connectivity index (χ3v) is 5.05. The van der Waals surface area contributed by atoms with Gasteiger partial charge in [-0.05, 0) is 23.8 Å². The van der Waals surface area contributed by atoms with Crippen molar-refractivity contribution in [3.05, 3.63) is 46.3 Å². The Labute approximate surface area is 146 Å². The fraction of sp³-hybridized carbons (Fsp3) is 0.444. The van der Waals surface area contributed by atoms with Gasteiger partial charge in [0.1, 0.15) is 11.6 Å². The Kier molecular flexibility index (Phi) is 3.88. The molecule has 25 heavy (non-hydrogen) atoms. The van der Waals surface area contributed by atoms with Gasteiger partial charge in [-0.15, -0.1) is 0 Å². The number of aromatic nitrogens is 4. The van der Waals surface area contributed by atoms with Gasteiger partial charge in [-0.2, -0.15) is 5.10 Å². The zero-order valence-corrected chi connectivity index (χ0v) is 14.9. The first-order valence-electron chi connectivity index (χ1n) is 8.54. The predicted molar refractivity (Wildman–Crippen MR) is 95.9 cm³/mol. The van der Waals surface area contributed by atoms with E-state index in [1.54, 1.807) is 18.7 Å². The van der Waals surface area contributed by atoms with Gasteiger partial charge in [-0.3, -0.25) is 9.47 Å². The van der Waals surface area contributed by atoms with Gasteiger partial charge in [-0.25, -0.2) is 9.48 Å². The Balaban J connectivity index is 1.59. The molecule has 0 unspecified atom stereocenters. The summed E-state index contributed by atoms with van der Waals surface area (Å²) in [7, 11) is 5.48. The number of fused-ring (bicyclic) bond motifs is 2. The Bertz CT molecular complexity index is 981. The molecule has 4 rings (SSSR count). The molecule has 1 aliphatic rings.